The molecule has 0 N–H and O–H groups in total. The molecule has 0 radical (unpaired) electrons. The lowest BCUT2D eigenvalue weighted by molar-refractivity contribution is -0.0369. The maximum Gasteiger partial charge on any atom is 0.479 e. The number of alkyl halides is 3. The zero-order valence-electron chi connectivity index (χ0n) is 17.9. The summed E-state index contributed by atoms with van der Waals surface area (Å²) < 4.78 is 65.0. The smallest absolute Gasteiger partial charge is 0.479 e. The Bertz CT molecular complexity index is 1070. The van der Waals surface area contributed by atoms with E-state index in [9.17, 15) is 13.2 Å². The van der Waals surface area contributed by atoms with Gasteiger partial charge in [0.2, 0.25) is 5.75 Å². The molecule has 0 saturated carbocycles. The molecule has 0 amide bonds. The van der Waals surface area contributed by atoms with Crippen molar-refractivity contribution in [3.05, 3.63) is 47.8 Å². The fraction of sp³-hybridized carbons (Fsp3) is 0.318. The quantitative estimate of drug-likeness (QED) is 0.367. The fourth-order valence-corrected chi connectivity index (χ4v) is 3.65. The maximum absolute atomic E-state index is 12.8. The van der Waals surface area contributed by atoms with Gasteiger partial charge in [0.15, 0.2) is 35.0 Å². The molecule has 3 aromatic rings. The minimum absolute atomic E-state index is 0.0223. The largest absolute Gasteiger partial charge is 0.493 e. The number of benzene rings is 2. The molecule has 0 aliphatic rings. The maximum atomic E-state index is 12.8. The average molecular weight is 469 g/mol. The van der Waals surface area contributed by atoms with Gasteiger partial charge in [-0.05, 0) is 48.1 Å². The molecule has 0 bridgehead atoms. The van der Waals surface area contributed by atoms with Crippen LogP contribution in [0.15, 0.2) is 36.7 Å². The number of hydrogen-bond acceptors (Lipinski definition) is 7. The predicted octanol–water partition coefficient (Wildman–Crippen LogP) is 5.80. The SMILES string of the molecule is CCOc1ccc2c(Cc3cc(OC)c(OC)c(OC)c3)cncc2c1OSC(F)(F)F. The summed E-state index contributed by atoms with van der Waals surface area (Å²) >= 11 is -0.589. The van der Waals surface area contributed by atoms with Crippen molar-refractivity contribution in [3.63, 3.8) is 0 Å². The van der Waals surface area contributed by atoms with Crippen molar-refractivity contribution in [1.82, 2.24) is 4.98 Å². The molecule has 1 aromatic heterocycles. The van der Waals surface area contributed by atoms with Crippen LogP contribution in [0.4, 0.5) is 13.2 Å². The molecule has 32 heavy (non-hydrogen) atoms. The summed E-state index contributed by atoms with van der Waals surface area (Å²) in [6.45, 7) is 2.01. The van der Waals surface area contributed by atoms with Gasteiger partial charge in [-0.15, -0.1) is 0 Å². The fourth-order valence-electron chi connectivity index (χ4n) is 3.30. The van der Waals surface area contributed by atoms with Gasteiger partial charge in [0.1, 0.15) is 0 Å². The molecule has 3 rings (SSSR count). The van der Waals surface area contributed by atoms with Crippen molar-refractivity contribution in [2.24, 2.45) is 0 Å². The van der Waals surface area contributed by atoms with E-state index in [2.05, 4.69) is 4.98 Å². The lowest BCUT2D eigenvalue weighted by atomic mass is 9.99. The third-order valence-electron chi connectivity index (χ3n) is 4.58. The van der Waals surface area contributed by atoms with Gasteiger partial charge in [-0.25, -0.2) is 0 Å². The number of methoxy groups -OCH3 is 3. The highest BCUT2D eigenvalue weighted by Gasteiger charge is 2.32. The van der Waals surface area contributed by atoms with E-state index >= 15 is 0 Å². The Kier molecular flexibility index (Phi) is 7.44. The van der Waals surface area contributed by atoms with E-state index in [1.807, 2.05) is 12.1 Å². The number of ether oxygens (including phenoxy) is 4. The monoisotopic (exact) mass is 469 g/mol. The number of hydrogen-bond donors (Lipinski definition) is 0. The minimum Gasteiger partial charge on any atom is -0.493 e. The first kappa shape index (κ1) is 23.6. The van der Waals surface area contributed by atoms with Crippen LogP contribution in [0.5, 0.6) is 28.7 Å². The van der Waals surface area contributed by atoms with Crippen LogP contribution >= 0.6 is 12.0 Å². The van der Waals surface area contributed by atoms with E-state index in [-0.39, 0.29) is 18.1 Å². The summed E-state index contributed by atoms with van der Waals surface area (Å²) in [5.74, 6) is 1.66. The van der Waals surface area contributed by atoms with Gasteiger partial charge in [-0.1, -0.05) is 6.07 Å². The second kappa shape index (κ2) is 10.1. The lowest BCUT2D eigenvalue weighted by Gasteiger charge is -2.16. The van der Waals surface area contributed by atoms with Crippen LogP contribution in [0.25, 0.3) is 10.8 Å². The van der Waals surface area contributed by atoms with E-state index in [1.165, 1.54) is 27.5 Å². The van der Waals surface area contributed by atoms with Gasteiger partial charge >= 0.3 is 5.51 Å². The number of halogens is 3. The summed E-state index contributed by atoms with van der Waals surface area (Å²) in [6.07, 6.45) is 3.54. The topological polar surface area (TPSA) is 59.0 Å². The van der Waals surface area contributed by atoms with E-state index in [0.717, 1.165) is 11.1 Å². The van der Waals surface area contributed by atoms with Crippen LogP contribution in [-0.2, 0) is 6.42 Å². The molecule has 10 heteroatoms. The van der Waals surface area contributed by atoms with Gasteiger partial charge in [-0.2, -0.15) is 13.2 Å². The van der Waals surface area contributed by atoms with Crippen LogP contribution in [0.3, 0.4) is 0 Å². The van der Waals surface area contributed by atoms with Crippen molar-refractivity contribution in [3.8, 4) is 28.7 Å². The normalized spacial score (nSPS) is 11.3. The first-order valence-electron chi connectivity index (χ1n) is 9.55. The highest BCUT2D eigenvalue weighted by atomic mass is 32.2. The van der Waals surface area contributed by atoms with Crippen LogP contribution in [0.1, 0.15) is 18.1 Å². The standard InChI is InChI=1S/C22H22F3NO5S/c1-5-30-17-7-6-15-14(11-26-12-16(15)20(17)31-32-22(23,24)25)8-13-9-18(27-2)21(29-4)19(10-13)28-3/h6-7,9-12H,5,8H2,1-4H3. The summed E-state index contributed by atoms with van der Waals surface area (Å²) in [4.78, 5) is 4.22. The van der Waals surface area contributed by atoms with Crippen molar-refractivity contribution < 1.29 is 36.3 Å². The van der Waals surface area contributed by atoms with Crippen molar-refractivity contribution in [2.45, 2.75) is 18.9 Å². The number of rotatable bonds is 9. The van der Waals surface area contributed by atoms with Crippen LogP contribution in [0, 0.1) is 0 Å². The average Bonchev–Trinajstić information content (AvgIpc) is 2.77. The number of aromatic nitrogens is 1. The van der Waals surface area contributed by atoms with Gasteiger partial charge in [-0.3, -0.25) is 4.98 Å². The molecule has 0 fully saturated rings. The van der Waals surface area contributed by atoms with Crippen molar-refractivity contribution >= 4 is 22.8 Å². The van der Waals surface area contributed by atoms with Gasteiger partial charge in [0.25, 0.3) is 0 Å². The zero-order chi connectivity index (χ0) is 23.3. The highest BCUT2D eigenvalue weighted by Crippen LogP contribution is 2.43. The van der Waals surface area contributed by atoms with Crippen molar-refractivity contribution in [1.29, 1.82) is 0 Å². The third-order valence-corrected chi connectivity index (χ3v) is 5.02. The molecular weight excluding hydrogens is 447 g/mol. The van der Waals surface area contributed by atoms with E-state index < -0.39 is 17.6 Å². The molecule has 6 nitrogen and oxygen atoms in total. The molecule has 2 aromatic carbocycles. The van der Waals surface area contributed by atoms with Crippen LogP contribution in [-0.4, -0.2) is 38.4 Å². The molecule has 0 spiro atoms. The van der Waals surface area contributed by atoms with Crippen LogP contribution < -0.4 is 23.1 Å². The Morgan fingerprint density at radius 3 is 2.12 bits per heavy atom. The minimum atomic E-state index is -4.56. The first-order valence-corrected chi connectivity index (χ1v) is 10.3. The zero-order valence-corrected chi connectivity index (χ0v) is 18.7. The Morgan fingerprint density at radius 2 is 1.56 bits per heavy atom. The van der Waals surface area contributed by atoms with Gasteiger partial charge < -0.3 is 23.1 Å². The summed E-state index contributed by atoms with van der Waals surface area (Å²) in [5.41, 5.74) is -2.94. The lowest BCUT2D eigenvalue weighted by Crippen LogP contribution is -2.04. The summed E-state index contributed by atoms with van der Waals surface area (Å²) in [7, 11) is 4.57. The number of pyridine rings is 1. The third kappa shape index (κ3) is 5.24. The number of nitrogens with zero attached hydrogens (tertiary/aromatic N) is 1. The summed E-state index contributed by atoms with van der Waals surface area (Å²) in [6, 6.07) is 6.99. The molecule has 0 aliphatic carbocycles. The van der Waals surface area contributed by atoms with Crippen LogP contribution in [0.2, 0.25) is 0 Å². The molecule has 172 valence electrons. The molecule has 0 atom stereocenters. The molecule has 1 heterocycles. The van der Waals surface area contributed by atoms with E-state index in [1.54, 1.807) is 25.3 Å². The number of fused-ring (bicyclic) bond motifs is 1. The Labute approximate surface area is 187 Å². The summed E-state index contributed by atoms with van der Waals surface area (Å²) in [5, 5.41) is 1.10. The van der Waals surface area contributed by atoms with Gasteiger partial charge in [0, 0.05) is 17.8 Å². The second-order valence-electron chi connectivity index (χ2n) is 6.54. The Hall–Kier alpha value is -3.01. The Morgan fingerprint density at radius 1 is 0.875 bits per heavy atom. The van der Waals surface area contributed by atoms with E-state index in [4.69, 9.17) is 23.1 Å². The van der Waals surface area contributed by atoms with Crippen molar-refractivity contribution in [2.75, 3.05) is 27.9 Å². The van der Waals surface area contributed by atoms with E-state index in [0.29, 0.717) is 34.4 Å². The molecule has 0 saturated heterocycles. The first-order chi connectivity index (χ1) is 15.3. The molecule has 0 aliphatic heterocycles. The molecular formula is C22H22F3NO5S. The predicted molar refractivity (Wildman–Crippen MR) is 116 cm³/mol. The Balaban J connectivity index is 2.07. The van der Waals surface area contributed by atoms with Gasteiger partial charge in [0.05, 0.1) is 27.9 Å². The second-order valence-corrected chi connectivity index (χ2v) is 7.34. The highest BCUT2D eigenvalue weighted by molar-refractivity contribution is 7.95. The molecule has 0 unspecified atom stereocenters.